The topological polar surface area (TPSA) is 64.0 Å². The lowest BCUT2D eigenvalue weighted by Gasteiger charge is -2.21. The van der Waals surface area contributed by atoms with Crippen molar-refractivity contribution in [2.75, 3.05) is 18.8 Å². The van der Waals surface area contributed by atoms with E-state index in [2.05, 4.69) is 10.4 Å². The number of aryl methyl sites for hydroxylation is 1. The Bertz CT molecular complexity index is 501. The summed E-state index contributed by atoms with van der Waals surface area (Å²) in [6.07, 6.45) is 4.12. The average molecular weight is 271 g/mol. The van der Waals surface area contributed by atoms with Crippen molar-refractivity contribution >= 4 is 9.84 Å². The summed E-state index contributed by atoms with van der Waals surface area (Å²) in [5.74, 6) is 0.675. The molecule has 1 aromatic heterocycles. The van der Waals surface area contributed by atoms with E-state index in [0.717, 1.165) is 31.6 Å². The molecule has 0 aliphatic carbocycles. The molecule has 1 aliphatic rings. The molecule has 1 aliphatic heterocycles. The van der Waals surface area contributed by atoms with Crippen molar-refractivity contribution in [1.29, 1.82) is 0 Å². The SMILES string of the molecule is CCS(=O)(=O)Cn1cc(C2CCNCC2)c(C)n1. The molecule has 0 atom stereocenters. The van der Waals surface area contributed by atoms with E-state index >= 15 is 0 Å². The molecule has 0 unspecified atom stereocenters. The Balaban J connectivity index is 2.16. The maximum Gasteiger partial charge on any atom is 0.170 e. The normalized spacial score (nSPS) is 18.1. The van der Waals surface area contributed by atoms with Crippen molar-refractivity contribution in [1.82, 2.24) is 15.1 Å². The van der Waals surface area contributed by atoms with Gasteiger partial charge in [0.15, 0.2) is 9.84 Å². The molecular formula is C12H21N3O2S. The first kappa shape index (κ1) is 13.5. The molecule has 0 saturated carbocycles. The zero-order chi connectivity index (χ0) is 13.2. The van der Waals surface area contributed by atoms with Crippen LogP contribution in [-0.4, -0.2) is 37.0 Å². The van der Waals surface area contributed by atoms with Gasteiger partial charge in [0.2, 0.25) is 0 Å². The summed E-state index contributed by atoms with van der Waals surface area (Å²) in [6.45, 7) is 5.69. The molecule has 6 heteroatoms. The Morgan fingerprint density at radius 3 is 2.72 bits per heavy atom. The molecule has 0 aromatic carbocycles. The number of nitrogens with zero attached hydrogens (tertiary/aromatic N) is 2. The van der Waals surface area contributed by atoms with Gasteiger partial charge in [-0.05, 0) is 44.3 Å². The van der Waals surface area contributed by atoms with Crippen LogP contribution in [0.4, 0.5) is 0 Å². The van der Waals surface area contributed by atoms with Crippen LogP contribution in [0.2, 0.25) is 0 Å². The van der Waals surface area contributed by atoms with Gasteiger partial charge < -0.3 is 5.32 Å². The van der Waals surface area contributed by atoms with Crippen LogP contribution in [0.15, 0.2) is 6.20 Å². The fourth-order valence-electron chi connectivity index (χ4n) is 2.43. The van der Waals surface area contributed by atoms with Gasteiger partial charge in [0.25, 0.3) is 0 Å². The van der Waals surface area contributed by atoms with Crippen LogP contribution in [0.25, 0.3) is 0 Å². The molecule has 0 bridgehead atoms. The fraction of sp³-hybridized carbons (Fsp3) is 0.750. The zero-order valence-electron chi connectivity index (χ0n) is 11.0. The van der Waals surface area contributed by atoms with Crippen LogP contribution in [0.1, 0.15) is 36.9 Å². The third-order valence-electron chi connectivity index (χ3n) is 3.53. The van der Waals surface area contributed by atoms with E-state index in [1.54, 1.807) is 11.6 Å². The van der Waals surface area contributed by atoms with Gasteiger partial charge in [-0.1, -0.05) is 6.92 Å². The molecule has 1 N–H and O–H groups in total. The minimum Gasteiger partial charge on any atom is -0.317 e. The third-order valence-corrected chi connectivity index (χ3v) is 5.07. The molecule has 0 spiro atoms. The highest BCUT2D eigenvalue weighted by Gasteiger charge is 2.20. The lowest BCUT2D eigenvalue weighted by molar-refractivity contribution is 0.459. The highest BCUT2D eigenvalue weighted by Crippen LogP contribution is 2.27. The van der Waals surface area contributed by atoms with E-state index in [4.69, 9.17) is 0 Å². The van der Waals surface area contributed by atoms with Crippen LogP contribution in [0.5, 0.6) is 0 Å². The molecular weight excluding hydrogens is 250 g/mol. The Labute approximate surface area is 108 Å². The number of hydrogen-bond donors (Lipinski definition) is 1. The van der Waals surface area contributed by atoms with E-state index < -0.39 is 9.84 Å². The quantitative estimate of drug-likeness (QED) is 0.889. The summed E-state index contributed by atoms with van der Waals surface area (Å²) in [5, 5.41) is 7.67. The van der Waals surface area contributed by atoms with E-state index in [-0.39, 0.29) is 11.6 Å². The first-order valence-corrected chi connectivity index (χ1v) is 8.29. The first-order valence-electron chi connectivity index (χ1n) is 6.47. The molecule has 5 nitrogen and oxygen atoms in total. The van der Waals surface area contributed by atoms with Crippen molar-refractivity contribution in [3.05, 3.63) is 17.5 Å². The first-order chi connectivity index (χ1) is 8.52. The summed E-state index contributed by atoms with van der Waals surface area (Å²) >= 11 is 0. The van der Waals surface area contributed by atoms with Gasteiger partial charge in [-0.2, -0.15) is 5.10 Å². The Hall–Kier alpha value is -0.880. The molecule has 102 valence electrons. The zero-order valence-corrected chi connectivity index (χ0v) is 11.8. The van der Waals surface area contributed by atoms with Crippen LogP contribution in [0, 0.1) is 6.92 Å². The minimum absolute atomic E-state index is 0.00465. The lowest BCUT2D eigenvalue weighted by Crippen LogP contribution is -2.26. The fourth-order valence-corrected chi connectivity index (χ4v) is 3.14. The molecule has 2 rings (SSSR count). The van der Waals surface area contributed by atoms with E-state index in [1.807, 2.05) is 13.1 Å². The van der Waals surface area contributed by atoms with E-state index in [1.165, 1.54) is 5.56 Å². The summed E-state index contributed by atoms with van der Waals surface area (Å²) in [6, 6.07) is 0. The van der Waals surface area contributed by atoms with Crippen LogP contribution >= 0.6 is 0 Å². The molecule has 1 aromatic rings. The summed E-state index contributed by atoms with van der Waals surface area (Å²) in [4.78, 5) is 0. The van der Waals surface area contributed by atoms with Gasteiger partial charge >= 0.3 is 0 Å². The largest absolute Gasteiger partial charge is 0.317 e. The monoisotopic (exact) mass is 271 g/mol. The third kappa shape index (κ3) is 3.11. The number of piperidine rings is 1. The Morgan fingerprint density at radius 1 is 1.44 bits per heavy atom. The van der Waals surface area contributed by atoms with Gasteiger partial charge in [-0.25, -0.2) is 8.42 Å². The summed E-state index contributed by atoms with van der Waals surface area (Å²) < 4.78 is 24.8. The molecule has 1 saturated heterocycles. The van der Waals surface area contributed by atoms with Gasteiger partial charge in [0.05, 0.1) is 5.69 Å². The van der Waals surface area contributed by atoms with Crippen LogP contribution in [0.3, 0.4) is 0 Å². The number of aromatic nitrogens is 2. The lowest BCUT2D eigenvalue weighted by atomic mass is 9.91. The standard InChI is InChI=1S/C12H21N3O2S/c1-3-18(16,17)9-15-8-12(10(2)14-15)11-4-6-13-7-5-11/h8,11,13H,3-7,9H2,1-2H3. The molecule has 2 heterocycles. The smallest absolute Gasteiger partial charge is 0.170 e. The molecule has 18 heavy (non-hydrogen) atoms. The molecule has 1 fully saturated rings. The average Bonchev–Trinajstić information content (AvgIpc) is 2.70. The second kappa shape index (κ2) is 5.40. The Kier molecular flexibility index (Phi) is 4.07. The van der Waals surface area contributed by atoms with Gasteiger partial charge in [0.1, 0.15) is 5.88 Å². The van der Waals surface area contributed by atoms with Gasteiger partial charge in [-0.3, -0.25) is 4.68 Å². The van der Waals surface area contributed by atoms with E-state index in [9.17, 15) is 8.42 Å². The Morgan fingerprint density at radius 2 is 2.11 bits per heavy atom. The maximum absolute atomic E-state index is 11.6. The van der Waals surface area contributed by atoms with Crippen LogP contribution in [-0.2, 0) is 15.7 Å². The van der Waals surface area contributed by atoms with Gasteiger partial charge in [-0.15, -0.1) is 0 Å². The summed E-state index contributed by atoms with van der Waals surface area (Å²) in [5.41, 5.74) is 2.18. The number of hydrogen-bond acceptors (Lipinski definition) is 4. The van der Waals surface area contributed by atoms with E-state index in [0.29, 0.717) is 5.92 Å². The van der Waals surface area contributed by atoms with Crippen molar-refractivity contribution in [3.8, 4) is 0 Å². The number of sulfone groups is 1. The van der Waals surface area contributed by atoms with Crippen molar-refractivity contribution in [2.24, 2.45) is 0 Å². The predicted molar refractivity (Wildman–Crippen MR) is 71.3 cm³/mol. The minimum atomic E-state index is -3.02. The number of nitrogens with one attached hydrogen (secondary N) is 1. The number of rotatable bonds is 4. The molecule has 0 radical (unpaired) electrons. The highest BCUT2D eigenvalue weighted by atomic mass is 32.2. The second-order valence-electron chi connectivity index (χ2n) is 4.89. The highest BCUT2D eigenvalue weighted by molar-refractivity contribution is 7.90. The summed E-state index contributed by atoms with van der Waals surface area (Å²) in [7, 11) is -3.02. The van der Waals surface area contributed by atoms with Gasteiger partial charge in [0, 0.05) is 11.9 Å². The van der Waals surface area contributed by atoms with Crippen molar-refractivity contribution in [3.63, 3.8) is 0 Å². The molecule has 0 amide bonds. The van der Waals surface area contributed by atoms with Crippen molar-refractivity contribution < 1.29 is 8.42 Å². The second-order valence-corrected chi connectivity index (χ2v) is 7.22. The predicted octanol–water partition coefficient (Wildman–Crippen LogP) is 1.05. The maximum atomic E-state index is 11.6. The van der Waals surface area contributed by atoms with Crippen LogP contribution < -0.4 is 5.32 Å². The van der Waals surface area contributed by atoms with Crippen molar-refractivity contribution in [2.45, 2.75) is 38.5 Å².